The van der Waals surface area contributed by atoms with Crippen LogP contribution >= 0.6 is 0 Å². The van der Waals surface area contributed by atoms with Gasteiger partial charge in [-0.2, -0.15) is 0 Å². The largest absolute Gasteiger partial charge is 0.497 e. The Bertz CT molecular complexity index is 704. The summed E-state index contributed by atoms with van der Waals surface area (Å²) in [4.78, 5) is 12.5. The molecule has 0 heterocycles. The van der Waals surface area contributed by atoms with Crippen LogP contribution in [0.1, 0.15) is 25.0 Å². The number of hydrogen-bond donors (Lipinski definition) is 1. The van der Waals surface area contributed by atoms with E-state index in [-0.39, 0.29) is 6.61 Å². The summed E-state index contributed by atoms with van der Waals surface area (Å²) in [6.07, 6.45) is 1.78. The molecule has 0 spiro atoms. The highest BCUT2D eigenvalue weighted by Gasteiger charge is 2.41. The van der Waals surface area contributed by atoms with E-state index < -0.39 is 11.6 Å². The topological polar surface area (TPSA) is 55.8 Å². The highest BCUT2D eigenvalue weighted by Crippen LogP contribution is 2.33. The summed E-state index contributed by atoms with van der Waals surface area (Å²) in [7, 11) is 1.56. The lowest BCUT2D eigenvalue weighted by molar-refractivity contribution is -0.161. The average molecular weight is 326 g/mol. The van der Waals surface area contributed by atoms with Crippen LogP contribution in [0.4, 0.5) is 0 Å². The minimum absolute atomic E-state index is 0.190. The highest BCUT2D eigenvalue weighted by molar-refractivity contribution is 5.86. The molecule has 2 rings (SSSR count). The molecule has 0 aromatic heterocycles. The Morgan fingerprint density at radius 3 is 2.29 bits per heavy atom. The zero-order valence-corrected chi connectivity index (χ0v) is 14.2. The maximum Gasteiger partial charge on any atom is 0.347 e. The predicted octanol–water partition coefficient (Wildman–Crippen LogP) is 3.55. The number of aliphatic hydroxyl groups is 1. The Morgan fingerprint density at radius 1 is 1.12 bits per heavy atom. The first-order valence-electron chi connectivity index (χ1n) is 7.80. The zero-order valence-electron chi connectivity index (χ0n) is 14.2. The normalized spacial score (nSPS) is 13.9. The van der Waals surface area contributed by atoms with Crippen molar-refractivity contribution in [2.75, 3.05) is 13.7 Å². The number of hydrogen-bond acceptors (Lipinski definition) is 4. The maximum atomic E-state index is 12.5. The fourth-order valence-corrected chi connectivity index (χ4v) is 2.48. The van der Waals surface area contributed by atoms with E-state index in [9.17, 15) is 9.90 Å². The van der Waals surface area contributed by atoms with Gasteiger partial charge in [0, 0.05) is 0 Å². The summed E-state index contributed by atoms with van der Waals surface area (Å²) in [5.41, 5.74) is -0.0343. The summed E-state index contributed by atoms with van der Waals surface area (Å²) in [5.74, 6) is -0.0468. The molecule has 1 N–H and O–H groups in total. The molecule has 0 bridgehead atoms. The second-order valence-corrected chi connectivity index (χ2v) is 5.40. The van der Waals surface area contributed by atoms with Crippen LogP contribution in [-0.4, -0.2) is 24.8 Å². The molecule has 2 aromatic rings. The third-order valence-corrected chi connectivity index (χ3v) is 3.83. The maximum absolute atomic E-state index is 12.5. The predicted molar refractivity (Wildman–Crippen MR) is 93.6 cm³/mol. The van der Waals surface area contributed by atoms with E-state index in [2.05, 4.69) is 0 Å². The van der Waals surface area contributed by atoms with Gasteiger partial charge in [-0.05, 0) is 42.7 Å². The average Bonchev–Trinajstić information content (AvgIpc) is 2.62. The Labute approximate surface area is 142 Å². The van der Waals surface area contributed by atoms with Crippen LogP contribution in [0.25, 0.3) is 6.08 Å². The van der Waals surface area contributed by atoms with Crippen LogP contribution in [0.15, 0.2) is 60.2 Å². The first-order chi connectivity index (χ1) is 11.5. The number of carbonyl (C=O) groups is 1. The standard InChI is InChI=1S/C20H22O4/c1-4-24-19(21)20(22,17-10-12-18(23-3)13-11-17)15(2)14-16-8-6-5-7-9-16/h5-14,22H,4H2,1-3H3/b15-14+. The number of methoxy groups -OCH3 is 1. The first-order valence-corrected chi connectivity index (χ1v) is 7.80. The third kappa shape index (κ3) is 3.66. The van der Waals surface area contributed by atoms with Crippen molar-refractivity contribution < 1.29 is 19.4 Å². The van der Waals surface area contributed by atoms with Gasteiger partial charge >= 0.3 is 5.97 Å². The van der Waals surface area contributed by atoms with Crippen molar-refractivity contribution >= 4 is 12.0 Å². The molecule has 0 saturated heterocycles. The number of esters is 1. The fourth-order valence-electron chi connectivity index (χ4n) is 2.48. The second-order valence-electron chi connectivity index (χ2n) is 5.40. The van der Waals surface area contributed by atoms with Crippen LogP contribution in [0.5, 0.6) is 5.75 Å². The van der Waals surface area contributed by atoms with Crippen molar-refractivity contribution in [1.82, 2.24) is 0 Å². The molecule has 0 fully saturated rings. The van der Waals surface area contributed by atoms with Gasteiger partial charge in [0.25, 0.3) is 0 Å². The molecule has 0 radical (unpaired) electrons. The quantitative estimate of drug-likeness (QED) is 0.825. The molecule has 0 aliphatic heterocycles. The van der Waals surface area contributed by atoms with E-state index >= 15 is 0 Å². The van der Waals surface area contributed by atoms with Crippen molar-refractivity contribution in [1.29, 1.82) is 0 Å². The number of rotatable bonds is 6. The van der Waals surface area contributed by atoms with Crippen LogP contribution < -0.4 is 4.74 Å². The molecule has 0 aliphatic rings. The van der Waals surface area contributed by atoms with Gasteiger partial charge in [-0.1, -0.05) is 48.5 Å². The minimum atomic E-state index is -1.85. The summed E-state index contributed by atoms with van der Waals surface area (Å²) in [6, 6.07) is 16.3. The monoisotopic (exact) mass is 326 g/mol. The van der Waals surface area contributed by atoms with Crippen molar-refractivity contribution in [2.45, 2.75) is 19.4 Å². The van der Waals surface area contributed by atoms with Gasteiger partial charge in [0.1, 0.15) is 5.75 Å². The van der Waals surface area contributed by atoms with E-state index in [1.165, 1.54) is 0 Å². The molecule has 1 unspecified atom stereocenters. The van der Waals surface area contributed by atoms with Crippen molar-refractivity contribution in [3.05, 3.63) is 71.3 Å². The lowest BCUT2D eigenvalue weighted by Crippen LogP contribution is -2.38. The number of ether oxygens (including phenoxy) is 2. The summed E-state index contributed by atoms with van der Waals surface area (Å²) in [5, 5.41) is 11.2. The number of benzene rings is 2. The lowest BCUT2D eigenvalue weighted by Gasteiger charge is -2.27. The van der Waals surface area contributed by atoms with Crippen LogP contribution in [0.2, 0.25) is 0 Å². The zero-order chi connectivity index (χ0) is 17.6. The third-order valence-electron chi connectivity index (χ3n) is 3.83. The molecule has 1 atom stereocenters. The Morgan fingerprint density at radius 2 is 1.75 bits per heavy atom. The van der Waals surface area contributed by atoms with Gasteiger partial charge in [-0.25, -0.2) is 4.79 Å². The molecule has 0 aliphatic carbocycles. The Balaban J connectivity index is 2.49. The molecule has 2 aromatic carbocycles. The van der Waals surface area contributed by atoms with Gasteiger partial charge in [0.2, 0.25) is 5.60 Å². The molecule has 0 saturated carbocycles. The van der Waals surface area contributed by atoms with Gasteiger partial charge in [0.05, 0.1) is 13.7 Å². The molecule has 126 valence electrons. The van der Waals surface area contributed by atoms with E-state index in [0.29, 0.717) is 16.9 Å². The first kappa shape index (κ1) is 17.8. The Hall–Kier alpha value is -2.59. The molecule has 24 heavy (non-hydrogen) atoms. The van der Waals surface area contributed by atoms with E-state index in [1.807, 2.05) is 30.3 Å². The summed E-state index contributed by atoms with van der Waals surface area (Å²) >= 11 is 0. The highest BCUT2D eigenvalue weighted by atomic mass is 16.5. The SMILES string of the molecule is CCOC(=O)C(O)(/C(C)=C/c1ccccc1)c1ccc(OC)cc1. The van der Waals surface area contributed by atoms with Gasteiger partial charge in [-0.3, -0.25) is 0 Å². The summed E-state index contributed by atoms with van der Waals surface area (Å²) < 4.78 is 10.2. The Kier molecular flexibility index (Phi) is 5.77. The molecule has 4 nitrogen and oxygen atoms in total. The van der Waals surface area contributed by atoms with Crippen LogP contribution in [0, 0.1) is 0 Å². The van der Waals surface area contributed by atoms with E-state index in [1.54, 1.807) is 51.3 Å². The van der Waals surface area contributed by atoms with Gasteiger partial charge < -0.3 is 14.6 Å². The van der Waals surface area contributed by atoms with Gasteiger partial charge in [-0.15, -0.1) is 0 Å². The molecular weight excluding hydrogens is 304 g/mol. The van der Waals surface area contributed by atoms with E-state index in [0.717, 1.165) is 5.56 Å². The summed E-state index contributed by atoms with van der Waals surface area (Å²) in [6.45, 7) is 3.62. The molecule has 4 heteroatoms. The van der Waals surface area contributed by atoms with Crippen LogP contribution in [-0.2, 0) is 15.1 Å². The smallest absolute Gasteiger partial charge is 0.347 e. The van der Waals surface area contributed by atoms with Crippen LogP contribution in [0.3, 0.4) is 0 Å². The van der Waals surface area contributed by atoms with Crippen molar-refractivity contribution in [2.24, 2.45) is 0 Å². The minimum Gasteiger partial charge on any atom is -0.497 e. The molecule has 0 amide bonds. The van der Waals surface area contributed by atoms with Crippen molar-refractivity contribution in [3.8, 4) is 5.75 Å². The lowest BCUT2D eigenvalue weighted by atomic mass is 9.85. The molecular formula is C20H22O4. The van der Waals surface area contributed by atoms with Crippen molar-refractivity contribution in [3.63, 3.8) is 0 Å². The number of carbonyl (C=O) groups excluding carboxylic acids is 1. The van der Waals surface area contributed by atoms with Gasteiger partial charge in [0.15, 0.2) is 0 Å². The fraction of sp³-hybridized carbons (Fsp3) is 0.250. The second kappa shape index (κ2) is 7.79. The van der Waals surface area contributed by atoms with E-state index in [4.69, 9.17) is 9.47 Å².